The number of hydrogen-bond acceptors (Lipinski definition) is 6. The van der Waals surface area contributed by atoms with Crippen LogP contribution in [0.25, 0.3) is 11.3 Å². The molecule has 0 unspecified atom stereocenters. The summed E-state index contributed by atoms with van der Waals surface area (Å²) in [7, 11) is 0. The molecule has 1 amide bonds. The van der Waals surface area contributed by atoms with Crippen molar-refractivity contribution in [3.8, 4) is 11.3 Å². The summed E-state index contributed by atoms with van der Waals surface area (Å²) in [5.41, 5.74) is 2.00. The topological polar surface area (TPSA) is 89.8 Å². The van der Waals surface area contributed by atoms with E-state index in [2.05, 4.69) is 20.4 Å². The lowest BCUT2D eigenvalue weighted by Crippen LogP contribution is -2.39. The molecule has 1 aliphatic rings. The van der Waals surface area contributed by atoms with Crippen molar-refractivity contribution in [2.45, 2.75) is 44.7 Å². The van der Waals surface area contributed by atoms with Gasteiger partial charge < -0.3 is 5.32 Å². The molecule has 3 heterocycles. The Morgan fingerprint density at radius 1 is 1.21 bits per heavy atom. The van der Waals surface area contributed by atoms with Gasteiger partial charge in [-0.3, -0.25) is 14.6 Å². The number of carbonyl (C=O) groups is 1. The molecule has 4 rings (SSSR count). The average molecular weight is 395 g/mol. The molecule has 144 valence electrons. The number of nitrogens with one attached hydrogen (secondary N) is 1. The van der Waals surface area contributed by atoms with Crippen LogP contribution in [0.15, 0.2) is 46.8 Å². The number of pyridine rings is 1. The molecular formula is C20H21N5O2S. The number of hydrogen-bond donors (Lipinski definition) is 1. The van der Waals surface area contributed by atoms with E-state index in [0.717, 1.165) is 41.9 Å². The van der Waals surface area contributed by atoms with Gasteiger partial charge in [0.05, 0.1) is 16.7 Å². The van der Waals surface area contributed by atoms with Crippen molar-refractivity contribution in [3.05, 3.63) is 63.1 Å². The molecule has 8 heteroatoms. The van der Waals surface area contributed by atoms with Crippen LogP contribution in [0.4, 0.5) is 0 Å². The van der Waals surface area contributed by atoms with Crippen molar-refractivity contribution in [2.75, 3.05) is 0 Å². The maximum atomic E-state index is 12.4. The van der Waals surface area contributed by atoms with Crippen LogP contribution in [0.2, 0.25) is 0 Å². The first-order chi connectivity index (χ1) is 13.6. The van der Waals surface area contributed by atoms with Gasteiger partial charge in [0.2, 0.25) is 0 Å². The van der Waals surface area contributed by atoms with Gasteiger partial charge >= 0.3 is 0 Å². The molecule has 1 aliphatic carbocycles. The van der Waals surface area contributed by atoms with Gasteiger partial charge in [-0.15, -0.1) is 11.3 Å². The highest BCUT2D eigenvalue weighted by molar-refractivity contribution is 7.09. The highest BCUT2D eigenvalue weighted by Gasteiger charge is 2.25. The minimum Gasteiger partial charge on any atom is -0.348 e. The Morgan fingerprint density at radius 2 is 2.04 bits per heavy atom. The minimum atomic E-state index is -0.123. The molecule has 0 aromatic carbocycles. The maximum absolute atomic E-state index is 12.4. The van der Waals surface area contributed by atoms with Crippen molar-refractivity contribution in [1.82, 2.24) is 25.1 Å². The summed E-state index contributed by atoms with van der Waals surface area (Å²) >= 11 is 1.47. The number of rotatable bonds is 4. The van der Waals surface area contributed by atoms with Gasteiger partial charge in [0, 0.05) is 35.4 Å². The van der Waals surface area contributed by atoms with Crippen LogP contribution in [-0.4, -0.2) is 31.7 Å². The van der Waals surface area contributed by atoms with Crippen LogP contribution in [0.1, 0.15) is 47.2 Å². The molecule has 1 fully saturated rings. The van der Waals surface area contributed by atoms with Crippen molar-refractivity contribution in [3.63, 3.8) is 0 Å². The Hall–Kier alpha value is -2.87. The number of carbonyl (C=O) groups excluding carboxylic acids is 1. The fraction of sp³-hybridized carbons (Fsp3) is 0.350. The van der Waals surface area contributed by atoms with Crippen LogP contribution in [0, 0.1) is 6.92 Å². The third kappa shape index (κ3) is 4.01. The summed E-state index contributed by atoms with van der Waals surface area (Å²) in [6.45, 7) is 1.89. The summed E-state index contributed by atoms with van der Waals surface area (Å²) in [6.07, 6.45) is 6.66. The first-order valence-corrected chi connectivity index (χ1v) is 10.2. The zero-order chi connectivity index (χ0) is 19.5. The summed E-state index contributed by atoms with van der Waals surface area (Å²) in [6, 6.07) is 7.22. The number of nitrogens with zero attached hydrogens (tertiary/aromatic N) is 4. The molecule has 0 bridgehead atoms. The lowest BCUT2D eigenvalue weighted by molar-refractivity contribution is 0.0917. The van der Waals surface area contributed by atoms with Gasteiger partial charge in [-0.2, -0.15) is 5.10 Å². The standard InChI is InChI=1S/C20H21N5O2S/c1-13-22-18(12-28-13)20(27)23-15-4-6-16(7-5-15)25-19(26)9-8-17(24-25)14-3-2-10-21-11-14/h2-3,8-12,15-16H,4-7H2,1H3,(H,23,27). The van der Waals surface area contributed by atoms with E-state index in [4.69, 9.17) is 0 Å². The SMILES string of the molecule is Cc1nc(C(=O)NC2CCC(n3nc(-c4cccnc4)ccc3=O)CC2)cs1. The molecule has 1 N–H and O–H groups in total. The quantitative estimate of drug-likeness (QED) is 0.733. The Bertz CT molecular complexity index is 1020. The van der Waals surface area contributed by atoms with Crippen LogP contribution < -0.4 is 10.9 Å². The second kappa shape index (κ2) is 8.02. The number of aromatic nitrogens is 4. The van der Waals surface area contributed by atoms with Gasteiger partial charge in [0.1, 0.15) is 5.69 Å². The normalized spacial score (nSPS) is 19.3. The summed E-state index contributed by atoms with van der Waals surface area (Å²) in [5.74, 6) is -0.123. The lowest BCUT2D eigenvalue weighted by Gasteiger charge is -2.29. The van der Waals surface area contributed by atoms with E-state index < -0.39 is 0 Å². The predicted octanol–water partition coefficient (Wildman–Crippen LogP) is 2.98. The molecule has 3 aromatic heterocycles. The van der Waals surface area contributed by atoms with Crippen molar-refractivity contribution < 1.29 is 4.79 Å². The van der Waals surface area contributed by atoms with E-state index in [1.165, 1.54) is 11.3 Å². The first-order valence-electron chi connectivity index (χ1n) is 9.33. The largest absolute Gasteiger partial charge is 0.348 e. The molecule has 1 saturated carbocycles. The second-order valence-electron chi connectivity index (χ2n) is 6.97. The zero-order valence-electron chi connectivity index (χ0n) is 15.5. The summed E-state index contributed by atoms with van der Waals surface area (Å²) in [5, 5.41) is 10.3. The van der Waals surface area contributed by atoms with E-state index in [0.29, 0.717) is 5.69 Å². The first kappa shape index (κ1) is 18.5. The van der Waals surface area contributed by atoms with Gasteiger partial charge in [-0.1, -0.05) is 0 Å². The molecular weight excluding hydrogens is 374 g/mol. The van der Waals surface area contributed by atoms with Crippen molar-refractivity contribution >= 4 is 17.2 Å². The molecule has 3 aromatic rings. The number of amides is 1. The number of aryl methyl sites for hydroxylation is 1. The van der Waals surface area contributed by atoms with Gasteiger partial charge in [0.25, 0.3) is 11.5 Å². The van der Waals surface area contributed by atoms with Crippen LogP contribution in [0.5, 0.6) is 0 Å². The zero-order valence-corrected chi connectivity index (χ0v) is 16.4. The van der Waals surface area contributed by atoms with E-state index in [9.17, 15) is 9.59 Å². The third-order valence-corrected chi connectivity index (χ3v) is 5.79. The maximum Gasteiger partial charge on any atom is 0.270 e. The Balaban J connectivity index is 1.42. The second-order valence-corrected chi connectivity index (χ2v) is 8.04. The Morgan fingerprint density at radius 3 is 2.71 bits per heavy atom. The fourth-order valence-electron chi connectivity index (χ4n) is 3.55. The molecule has 0 radical (unpaired) electrons. The summed E-state index contributed by atoms with van der Waals surface area (Å²) < 4.78 is 1.59. The molecule has 0 saturated heterocycles. The predicted molar refractivity (Wildman–Crippen MR) is 107 cm³/mol. The van der Waals surface area contributed by atoms with E-state index >= 15 is 0 Å². The van der Waals surface area contributed by atoms with Crippen LogP contribution in [0.3, 0.4) is 0 Å². The van der Waals surface area contributed by atoms with Crippen molar-refractivity contribution in [2.24, 2.45) is 0 Å². The monoisotopic (exact) mass is 395 g/mol. The lowest BCUT2D eigenvalue weighted by atomic mass is 9.91. The van der Waals surface area contributed by atoms with E-state index in [-0.39, 0.29) is 23.6 Å². The average Bonchev–Trinajstić information content (AvgIpc) is 3.16. The molecule has 0 atom stereocenters. The fourth-order valence-corrected chi connectivity index (χ4v) is 4.14. The highest BCUT2D eigenvalue weighted by atomic mass is 32.1. The third-order valence-electron chi connectivity index (χ3n) is 5.01. The minimum absolute atomic E-state index is 0.0405. The van der Waals surface area contributed by atoms with Crippen molar-refractivity contribution in [1.29, 1.82) is 0 Å². The van der Waals surface area contributed by atoms with Crippen LogP contribution >= 0.6 is 11.3 Å². The molecule has 7 nitrogen and oxygen atoms in total. The molecule has 0 aliphatic heterocycles. The van der Waals surface area contributed by atoms with Gasteiger partial charge in [-0.05, 0) is 50.8 Å². The summed E-state index contributed by atoms with van der Waals surface area (Å²) in [4.78, 5) is 33.0. The van der Waals surface area contributed by atoms with E-state index in [1.807, 2.05) is 19.1 Å². The Labute approximate surface area is 166 Å². The molecule has 0 spiro atoms. The van der Waals surface area contributed by atoms with E-state index in [1.54, 1.807) is 34.6 Å². The van der Waals surface area contributed by atoms with Gasteiger partial charge in [0.15, 0.2) is 0 Å². The number of thiazole rings is 1. The molecule has 28 heavy (non-hydrogen) atoms. The highest BCUT2D eigenvalue weighted by Crippen LogP contribution is 2.28. The Kier molecular flexibility index (Phi) is 5.29. The smallest absolute Gasteiger partial charge is 0.270 e. The van der Waals surface area contributed by atoms with Crippen LogP contribution in [-0.2, 0) is 0 Å². The van der Waals surface area contributed by atoms with Gasteiger partial charge in [-0.25, -0.2) is 9.67 Å².